The standard InChI is InChI=1S/C16H22N2O3/c1-3-16(4-2,15(20)21)18-14(19)12-7-8-13-11(10-12)6-5-9-17-13/h7-8,10,17H,3-6,9H2,1-2H3,(H,18,19)(H,20,21). The Bertz CT molecular complexity index is 550. The summed E-state index contributed by atoms with van der Waals surface area (Å²) < 4.78 is 0. The number of fused-ring (bicyclic) bond motifs is 1. The number of aryl methyl sites for hydroxylation is 1. The number of hydrogen-bond acceptors (Lipinski definition) is 3. The largest absolute Gasteiger partial charge is 0.480 e. The molecule has 1 heterocycles. The van der Waals surface area contributed by atoms with E-state index in [9.17, 15) is 14.7 Å². The quantitative estimate of drug-likeness (QED) is 0.778. The van der Waals surface area contributed by atoms with Gasteiger partial charge in [-0.25, -0.2) is 4.79 Å². The molecule has 0 radical (unpaired) electrons. The lowest BCUT2D eigenvalue weighted by atomic mass is 9.92. The summed E-state index contributed by atoms with van der Waals surface area (Å²) in [4.78, 5) is 23.8. The maximum Gasteiger partial charge on any atom is 0.329 e. The molecule has 0 aliphatic carbocycles. The number of nitrogens with one attached hydrogen (secondary N) is 2. The highest BCUT2D eigenvalue weighted by Crippen LogP contribution is 2.24. The number of carbonyl (C=O) groups excluding carboxylic acids is 1. The predicted molar refractivity (Wildman–Crippen MR) is 81.7 cm³/mol. The normalized spacial score (nSPS) is 14.0. The number of benzene rings is 1. The van der Waals surface area contributed by atoms with E-state index in [4.69, 9.17) is 0 Å². The zero-order valence-electron chi connectivity index (χ0n) is 12.5. The maximum atomic E-state index is 12.4. The first kappa shape index (κ1) is 15.4. The van der Waals surface area contributed by atoms with Crippen LogP contribution in [-0.2, 0) is 11.2 Å². The lowest BCUT2D eigenvalue weighted by molar-refractivity contribution is -0.144. The first-order chi connectivity index (χ1) is 10.0. The topological polar surface area (TPSA) is 78.4 Å². The first-order valence-corrected chi connectivity index (χ1v) is 7.45. The van der Waals surface area contributed by atoms with Gasteiger partial charge in [0.1, 0.15) is 5.54 Å². The Hall–Kier alpha value is -2.04. The molecule has 1 aliphatic rings. The van der Waals surface area contributed by atoms with E-state index in [1.54, 1.807) is 19.9 Å². The Balaban J connectivity index is 2.22. The molecule has 0 saturated heterocycles. The summed E-state index contributed by atoms with van der Waals surface area (Å²) in [5.74, 6) is -1.31. The highest BCUT2D eigenvalue weighted by atomic mass is 16.4. The fraction of sp³-hybridized carbons (Fsp3) is 0.500. The van der Waals surface area contributed by atoms with Gasteiger partial charge in [0.05, 0.1) is 0 Å². The van der Waals surface area contributed by atoms with E-state index < -0.39 is 11.5 Å². The van der Waals surface area contributed by atoms with Crippen LogP contribution in [0.1, 0.15) is 49.0 Å². The van der Waals surface area contributed by atoms with Gasteiger partial charge in [-0.15, -0.1) is 0 Å². The molecule has 0 saturated carbocycles. The summed E-state index contributed by atoms with van der Waals surface area (Å²) in [6.45, 7) is 4.50. The zero-order chi connectivity index (χ0) is 15.5. The highest BCUT2D eigenvalue weighted by molar-refractivity contribution is 5.98. The third-order valence-corrected chi connectivity index (χ3v) is 4.28. The van der Waals surface area contributed by atoms with Crippen LogP contribution in [0.15, 0.2) is 18.2 Å². The van der Waals surface area contributed by atoms with Crippen LogP contribution in [0.2, 0.25) is 0 Å². The number of carboxylic acid groups (broad SMARTS) is 1. The molecule has 21 heavy (non-hydrogen) atoms. The van der Waals surface area contributed by atoms with Crippen molar-refractivity contribution in [2.24, 2.45) is 0 Å². The van der Waals surface area contributed by atoms with Crippen molar-refractivity contribution in [3.05, 3.63) is 29.3 Å². The van der Waals surface area contributed by atoms with Crippen LogP contribution in [0.4, 0.5) is 5.69 Å². The molecule has 1 aliphatic heterocycles. The molecule has 0 spiro atoms. The summed E-state index contributed by atoms with van der Waals surface area (Å²) in [7, 11) is 0. The minimum absolute atomic E-state index is 0.325. The molecular formula is C16H22N2O3. The van der Waals surface area contributed by atoms with E-state index >= 15 is 0 Å². The van der Waals surface area contributed by atoms with Gasteiger partial charge in [0.25, 0.3) is 5.91 Å². The Morgan fingerprint density at radius 2 is 2.05 bits per heavy atom. The number of aliphatic carboxylic acids is 1. The Morgan fingerprint density at radius 1 is 1.33 bits per heavy atom. The highest BCUT2D eigenvalue weighted by Gasteiger charge is 2.36. The first-order valence-electron chi connectivity index (χ1n) is 7.45. The molecule has 1 amide bonds. The van der Waals surface area contributed by atoms with Gasteiger partial charge in [0.15, 0.2) is 0 Å². The monoisotopic (exact) mass is 290 g/mol. The lowest BCUT2D eigenvalue weighted by Gasteiger charge is -2.28. The molecular weight excluding hydrogens is 268 g/mol. The number of rotatable bonds is 5. The molecule has 1 aromatic carbocycles. The Kier molecular flexibility index (Phi) is 4.50. The predicted octanol–water partition coefficient (Wildman–Crippen LogP) is 2.42. The van der Waals surface area contributed by atoms with Crippen LogP contribution in [0, 0.1) is 0 Å². The van der Waals surface area contributed by atoms with Gasteiger partial charge in [-0.05, 0) is 49.4 Å². The average Bonchev–Trinajstić information content (AvgIpc) is 2.51. The van der Waals surface area contributed by atoms with Crippen LogP contribution in [0.5, 0.6) is 0 Å². The second kappa shape index (κ2) is 6.16. The summed E-state index contributed by atoms with van der Waals surface area (Å²) >= 11 is 0. The second-order valence-electron chi connectivity index (χ2n) is 5.45. The maximum absolute atomic E-state index is 12.4. The molecule has 114 valence electrons. The van der Waals surface area contributed by atoms with Crippen molar-refractivity contribution in [1.29, 1.82) is 0 Å². The van der Waals surface area contributed by atoms with Gasteiger partial charge in [-0.3, -0.25) is 4.79 Å². The molecule has 0 aromatic heterocycles. The van der Waals surface area contributed by atoms with Crippen molar-refractivity contribution in [1.82, 2.24) is 5.32 Å². The van der Waals surface area contributed by atoms with E-state index in [-0.39, 0.29) is 5.91 Å². The second-order valence-corrected chi connectivity index (χ2v) is 5.45. The van der Waals surface area contributed by atoms with Gasteiger partial charge in [0.2, 0.25) is 0 Å². The lowest BCUT2D eigenvalue weighted by Crippen LogP contribution is -2.53. The molecule has 0 atom stereocenters. The van der Waals surface area contributed by atoms with Crippen LogP contribution < -0.4 is 10.6 Å². The number of anilines is 1. The van der Waals surface area contributed by atoms with Gasteiger partial charge in [0, 0.05) is 17.8 Å². The Morgan fingerprint density at radius 3 is 2.67 bits per heavy atom. The molecule has 0 bridgehead atoms. The minimum Gasteiger partial charge on any atom is -0.480 e. The van der Waals surface area contributed by atoms with Crippen molar-refractivity contribution in [2.75, 3.05) is 11.9 Å². The van der Waals surface area contributed by atoms with Gasteiger partial charge < -0.3 is 15.7 Å². The van der Waals surface area contributed by atoms with E-state index in [0.717, 1.165) is 30.6 Å². The molecule has 0 fully saturated rings. The summed E-state index contributed by atoms with van der Waals surface area (Å²) in [6, 6.07) is 5.49. The van der Waals surface area contributed by atoms with Gasteiger partial charge in [-0.1, -0.05) is 13.8 Å². The number of carbonyl (C=O) groups is 2. The zero-order valence-corrected chi connectivity index (χ0v) is 12.5. The summed E-state index contributed by atoms with van der Waals surface area (Å²) in [5, 5.41) is 15.4. The van der Waals surface area contributed by atoms with Crippen LogP contribution in [0.25, 0.3) is 0 Å². The number of hydrogen-bond donors (Lipinski definition) is 3. The molecule has 5 heteroatoms. The Labute approximate surface area is 124 Å². The number of amides is 1. The molecule has 0 unspecified atom stereocenters. The van der Waals surface area contributed by atoms with Crippen molar-refractivity contribution in [2.45, 2.75) is 45.1 Å². The summed E-state index contributed by atoms with van der Waals surface area (Å²) in [6.07, 6.45) is 2.70. The van der Waals surface area contributed by atoms with Crippen molar-refractivity contribution in [3.63, 3.8) is 0 Å². The molecule has 2 rings (SSSR count). The van der Waals surface area contributed by atoms with Crippen LogP contribution in [0.3, 0.4) is 0 Å². The molecule has 5 nitrogen and oxygen atoms in total. The third-order valence-electron chi connectivity index (χ3n) is 4.28. The van der Waals surface area contributed by atoms with Gasteiger partial charge >= 0.3 is 5.97 Å². The van der Waals surface area contributed by atoms with Crippen molar-refractivity contribution in [3.8, 4) is 0 Å². The average molecular weight is 290 g/mol. The van der Waals surface area contributed by atoms with E-state index in [1.807, 2.05) is 12.1 Å². The van der Waals surface area contributed by atoms with Crippen molar-refractivity contribution >= 4 is 17.6 Å². The SMILES string of the molecule is CCC(CC)(NC(=O)c1ccc2c(c1)CCCN2)C(=O)O. The van der Waals surface area contributed by atoms with E-state index in [2.05, 4.69) is 10.6 Å². The minimum atomic E-state index is -1.19. The number of carboxylic acids is 1. The molecule has 3 N–H and O–H groups in total. The third kappa shape index (κ3) is 3.01. The summed E-state index contributed by atoms with van der Waals surface area (Å²) in [5.41, 5.74) is 1.51. The van der Waals surface area contributed by atoms with Crippen LogP contribution >= 0.6 is 0 Å². The van der Waals surface area contributed by atoms with E-state index in [1.165, 1.54) is 0 Å². The van der Waals surface area contributed by atoms with Gasteiger partial charge in [-0.2, -0.15) is 0 Å². The van der Waals surface area contributed by atoms with Crippen molar-refractivity contribution < 1.29 is 14.7 Å². The van der Waals surface area contributed by atoms with E-state index in [0.29, 0.717) is 18.4 Å². The van der Waals surface area contributed by atoms with Crippen LogP contribution in [-0.4, -0.2) is 29.1 Å². The smallest absolute Gasteiger partial charge is 0.329 e. The fourth-order valence-electron chi connectivity index (χ4n) is 2.69. The fourth-order valence-corrected chi connectivity index (χ4v) is 2.69. The molecule has 1 aromatic rings.